The minimum Gasteiger partial charge on any atom is -0.385 e. The Kier molecular flexibility index (Phi) is 9.11. The third-order valence-electron chi connectivity index (χ3n) is 4.78. The van der Waals surface area contributed by atoms with Crippen molar-refractivity contribution in [2.45, 2.75) is 56.6 Å². The Morgan fingerprint density at radius 3 is 2.56 bits per heavy atom. The van der Waals surface area contributed by atoms with Crippen molar-refractivity contribution >= 4 is 29.1 Å². The molecular formula is C20H26F6N4OS. The summed E-state index contributed by atoms with van der Waals surface area (Å²) in [5.74, 6) is -0.878. The quantitative estimate of drug-likeness (QED) is 0.467. The fourth-order valence-electron chi connectivity index (χ4n) is 3.21. The van der Waals surface area contributed by atoms with E-state index in [4.69, 9.17) is 0 Å². The maximum absolute atomic E-state index is 13.2. The van der Waals surface area contributed by atoms with Crippen LogP contribution in [0.15, 0.2) is 24.5 Å². The molecule has 0 radical (unpaired) electrons. The number of amides is 1. The van der Waals surface area contributed by atoms with Gasteiger partial charge < -0.3 is 10.2 Å². The molecule has 1 aromatic heterocycles. The number of halogens is 6. The fraction of sp³-hybridized carbons (Fsp3) is 0.600. The summed E-state index contributed by atoms with van der Waals surface area (Å²) >= 11 is 0.490. The average Bonchev–Trinajstić information content (AvgIpc) is 3.12. The van der Waals surface area contributed by atoms with Gasteiger partial charge in [0.25, 0.3) is 0 Å². The van der Waals surface area contributed by atoms with Crippen LogP contribution in [0.2, 0.25) is 0 Å². The van der Waals surface area contributed by atoms with Crippen LogP contribution in [0.4, 0.5) is 32.0 Å². The third-order valence-corrected chi connectivity index (χ3v) is 5.78. The monoisotopic (exact) mass is 484 g/mol. The molecule has 1 aliphatic rings. The summed E-state index contributed by atoms with van der Waals surface area (Å²) in [6.45, 7) is 1.96. The summed E-state index contributed by atoms with van der Waals surface area (Å²) in [6, 6.07) is 0. The number of hydrogen-bond acceptors (Lipinski definition) is 4. The number of alkyl halides is 6. The third kappa shape index (κ3) is 7.49. The van der Waals surface area contributed by atoms with E-state index in [1.165, 1.54) is 17.1 Å². The van der Waals surface area contributed by atoms with Crippen LogP contribution in [0.1, 0.15) is 38.3 Å². The maximum Gasteiger partial charge on any atom is 0.401 e. The number of dihydropyridines is 1. The van der Waals surface area contributed by atoms with Crippen molar-refractivity contribution in [1.29, 1.82) is 0 Å². The fourth-order valence-corrected chi connectivity index (χ4v) is 3.79. The Balaban J connectivity index is 2.38. The van der Waals surface area contributed by atoms with Crippen molar-refractivity contribution in [2.75, 3.05) is 24.2 Å². The Morgan fingerprint density at radius 1 is 1.31 bits per heavy atom. The van der Waals surface area contributed by atoms with Gasteiger partial charge in [0.1, 0.15) is 5.25 Å². The molecule has 1 unspecified atom stereocenters. The molecule has 2 heterocycles. The van der Waals surface area contributed by atoms with Crippen LogP contribution in [-0.2, 0) is 11.2 Å². The van der Waals surface area contributed by atoms with E-state index in [2.05, 4.69) is 10.4 Å². The molecule has 0 aromatic carbocycles. The predicted octanol–water partition coefficient (Wildman–Crippen LogP) is 5.15. The van der Waals surface area contributed by atoms with Crippen LogP contribution < -0.4 is 10.2 Å². The highest BCUT2D eigenvalue weighted by molar-refractivity contribution is 7.99. The number of carbonyl (C=O) groups excluding carboxylic acids is 1. The van der Waals surface area contributed by atoms with Gasteiger partial charge in [0.05, 0.1) is 29.8 Å². The Bertz CT molecular complexity index is 831. The molecule has 1 amide bonds. The topological polar surface area (TPSA) is 50.2 Å². The van der Waals surface area contributed by atoms with Crippen LogP contribution in [0, 0.1) is 0 Å². The zero-order valence-electron chi connectivity index (χ0n) is 17.8. The zero-order valence-corrected chi connectivity index (χ0v) is 18.6. The number of rotatable bonds is 10. The normalized spacial score (nSPS) is 15.3. The second kappa shape index (κ2) is 11.2. The number of carbonyl (C=O) groups is 1. The summed E-state index contributed by atoms with van der Waals surface area (Å²) in [7, 11) is 0. The molecule has 0 saturated heterocycles. The minimum absolute atomic E-state index is 0.247. The summed E-state index contributed by atoms with van der Waals surface area (Å²) < 4.78 is 79.2. The molecule has 0 saturated carbocycles. The van der Waals surface area contributed by atoms with Gasteiger partial charge >= 0.3 is 12.4 Å². The lowest BCUT2D eigenvalue weighted by Gasteiger charge is -2.26. The van der Waals surface area contributed by atoms with E-state index in [0.717, 1.165) is 10.6 Å². The Hall–Kier alpha value is -2.11. The van der Waals surface area contributed by atoms with Gasteiger partial charge in [-0.05, 0) is 37.4 Å². The largest absolute Gasteiger partial charge is 0.401 e. The smallest absolute Gasteiger partial charge is 0.385 e. The van der Waals surface area contributed by atoms with Gasteiger partial charge in [-0.1, -0.05) is 13.3 Å². The van der Waals surface area contributed by atoms with E-state index in [-0.39, 0.29) is 12.2 Å². The first-order chi connectivity index (χ1) is 15.0. The van der Waals surface area contributed by atoms with Crippen LogP contribution in [0.25, 0.3) is 5.70 Å². The van der Waals surface area contributed by atoms with E-state index in [1.807, 2.05) is 6.92 Å². The lowest BCUT2D eigenvalue weighted by Crippen LogP contribution is -2.38. The number of aryl methyl sites for hydroxylation is 1. The molecule has 0 spiro atoms. The van der Waals surface area contributed by atoms with Gasteiger partial charge in [-0.2, -0.15) is 43.2 Å². The SMILES string of the molecule is CCCc1nn(C2=CC=CNC2)cc1N(CCCC(F)(F)F)C(=O)CC(SC)C(F)(F)F. The second-order valence-electron chi connectivity index (χ2n) is 7.29. The first-order valence-electron chi connectivity index (χ1n) is 10.1. The molecule has 12 heteroatoms. The van der Waals surface area contributed by atoms with Crippen LogP contribution >= 0.6 is 11.8 Å². The summed E-state index contributed by atoms with van der Waals surface area (Å²) in [6.07, 6.45) is -2.37. The van der Waals surface area contributed by atoms with Crippen LogP contribution in [0.3, 0.4) is 0 Å². The molecule has 1 atom stereocenters. The molecule has 180 valence electrons. The molecule has 0 fully saturated rings. The van der Waals surface area contributed by atoms with Crippen molar-refractivity contribution in [3.8, 4) is 0 Å². The van der Waals surface area contributed by atoms with Crippen LogP contribution in [-0.4, -0.2) is 52.6 Å². The lowest BCUT2D eigenvalue weighted by atomic mass is 10.1. The van der Waals surface area contributed by atoms with E-state index >= 15 is 0 Å². The summed E-state index contributed by atoms with van der Waals surface area (Å²) in [5.41, 5.74) is 1.43. The zero-order chi connectivity index (χ0) is 23.9. The highest BCUT2D eigenvalue weighted by Gasteiger charge is 2.41. The van der Waals surface area contributed by atoms with E-state index < -0.39 is 42.8 Å². The molecule has 0 aliphatic carbocycles. The van der Waals surface area contributed by atoms with Gasteiger partial charge in [-0.3, -0.25) is 4.79 Å². The molecule has 32 heavy (non-hydrogen) atoms. The van der Waals surface area contributed by atoms with E-state index in [1.54, 1.807) is 18.4 Å². The number of aromatic nitrogens is 2. The van der Waals surface area contributed by atoms with Crippen molar-refractivity contribution in [3.05, 3.63) is 30.2 Å². The highest BCUT2D eigenvalue weighted by Crippen LogP contribution is 2.33. The number of nitrogens with zero attached hydrogens (tertiary/aromatic N) is 3. The standard InChI is InChI=1S/C20H26F6N4OS/c1-3-6-15-16(13-30(28-15)14-7-4-9-27-12-14)29(10-5-8-19(21,22)23)18(31)11-17(32-2)20(24,25)26/h4,7,9,13,17,27H,3,5-6,8,10-12H2,1-2H3. The maximum atomic E-state index is 13.2. The highest BCUT2D eigenvalue weighted by atomic mass is 32.2. The lowest BCUT2D eigenvalue weighted by molar-refractivity contribution is -0.139. The predicted molar refractivity (Wildman–Crippen MR) is 113 cm³/mol. The Labute approximate surface area is 186 Å². The van der Waals surface area contributed by atoms with Crippen molar-refractivity contribution in [3.63, 3.8) is 0 Å². The van der Waals surface area contributed by atoms with Gasteiger partial charge in [0, 0.05) is 19.4 Å². The van der Waals surface area contributed by atoms with E-state index in [9.17, 15) is 31.1 Å². The van der Waals surface area contributed by atoms with Gasteiger partial charge in [-0.25, -0.2) is 4.68 Å². The number of allylic oxidation sites excluding steroid dienone is 2. The summed E-state index contributed by atoms with van der Waals surface area (Å²) in [4.78, 5) is 13.9. The number of nitrogens with one attached hydrogen (secondary N) is 1. The number of anilines is 1. The minimum atomic E-state index is -4.60. The molecule has 1 aliphatic heterocycles. The van der Waals surface area contributed by atoms with Crippen molar-refractivity contribution in [1.82, 2.24) is 15.1 Å². The first kappa shape index (κ1) is 26.1. The van der Waals surface area contributed by atoms with Gasteiger partial charge in [0.15, 0.2) is 0 Å². The van der Waals surface area contributed by atoms with Gasteiger partial charge in [0.2, 0.25) is 5.91 Å². The molecule has 2 rings (SSSR count). The van der Waals surface area contributed by atoms with Crippen molar-refractivity contribution in [2.24, 2.45) is 0 Å². The first-order valence-corrected chi connectivity index (χ1v) is 11.4. The molecule has 5 nitrogen and oxygen atoms in total. The van der Waals surface area contributed by atoms with E-state index in [0.29, 0.717) is 36.8 Å². The van der Waals surface area contributed by atoms with Gasteiger partial charge in [-0.15, -0.1) is 0 Å². The summed E-state index contributed by atoms with van der Waals surface area (Å²) in [5, 5.41) is 5.52. The second-order valence-corrected chi connectivity index (χ2v) is 8.33. The number of thioether (sulfide) groups is 1. The molecular weight excluding hydrogens is 458 g/mol. The molecule has 1 N–H and O–H groups in total. The van der Waals surface area contributed by atoms with Crippen LogP contribution in [0.5, 0.6) is 0 Å². The number of hydrogen-bond donors (Lipinski definition) is 1. The molecule has 1 aromatic rings. The van der Waals surface area contributed by atoms with Crippen molar-refractivity contribution < 1.29 is 31.1 Å². The molecule has 0 bridgehead atoms. The Morgan fingerprint density at radius 2 is 2.03 bits per heavy atom. The average molecular weight is 485 g/mol.